The first-order valence-corrected chi connectivity index (χ1v) is 10.3. The number of nitrogens with zero attached hydrogens (tertiary/aromatic N) is 1. The van der Waals surface area contributed by atoms with Crippen molar-refractivity contribution in [3.8, 4) is 11.3 Å². The number of nitrogens with one attached hydrogen (secondary N) is 3. The van der Waals surface area contributed by atoms with E-state index in [9.17, 15) is 4.79 Å². The fraction of sp³-hybridized carbons (Fsp3) is 0.421. The lowest BCUT2D eigenvalue weighted by molar-refractivity contribution is -0.121. The molecule has 1 aromatic heterocycles. The molecule has 0 bridgehead atoms. The minimum absolute atomic E-state index is 0.153. The van der Waals surface area contributed by atoms with E-state index in [1.807, 2.05) is 35.7 Å². The van der Waals surface area contributed by atoms with Crippen molar-refractivity contribution in [3.05, 3.63) is 40.7 Å². The van der Waals surface area contributed by atoms with Crippen LogP contribution in [0.4, 0.5) is 0 Å². The van der Waals surface area contributed by atoms with Crippen molar-refractivity contribution in [2.75, 3.05) is 0 Å². The molecule has 1 fully saturated rings. The number of hydrazine groups is 1. The molecular formula is C19H24N4OS2. The van der Waals surface area contributed by atoms with Gasteiger partial charge in [-0.15, -0.1) is 11.3 Å². The molecule has 0 saturated heterocycles. The Hall–Kier alpha value is -1.99. The Balaban J connectivity index is 1.44. The minimum Gasteiger partial charge on any atom is -0.358 e. The summed E-state index contributed by atoms with van der Waals surface area (Å²) in [6.45, 7) is 2.24. The zero-order valence-corrected chi connectivity index (χ0v) is 16.5. The van der Waals surface area contributed by atoms with E-state index in [1.165, 1.54) is 30.6 Å². The van der Waals surface area contributed by atoms with E-state index in [4.69, 9.17) is 12.2 Å². The van der Waals surface area contributed by atoms with Gasteiger partial charge in [0.15, 0.2) is 5.11 Å². The van der Waals surface area contributed by atoms with Crippen LogP contribution in [0.15, 0.2) is 35.7 Å². The van der Waals surface area contributed by atoms with Crippen LogP contribution in [0, 0.1) is 5.92 Å². The molecule has 2 atom stereocenters. The summed E-state index contributed by atoms with van der Waals surface area (Å²) >= 11 is 6.78. The number of rotatable bonds is 4. The van der Waals surface area contributed by atoms with Gasteiger partial charge in [0.25, 0.3) is 0 Å². The van der Waals surface area contributed by atoms with E-state index >= 15 is 0 Å². The van der Waals surface area contributed by atoms with Crippen molar-refractivity contribution < 1.29 is 4.79 Å². The van der Waals surface area contributed by atoms with Crippen LogP contribution in [0.25, 0.3) is 11.3 Å². The lowest BCUT2D eigenvalue weighted by Crippen LogP contribution is -2.51. The van der Waals surface area contributed by atoms with Crippen molar-refractivity contribution >= 4 is 34.6 Å². The highest BCUT2D eigenvalue weighted by molar-refractivity contribution is 7.80. The number of hydrogen-bond donors (Lipinski definition) is 3. The molecule has 138 valence electrons. The maximum atomic E-state index is 12.1. The van der Waals surface area contributed by atoms with Gasteiger partial charge in [0.1, 0.15) is 5.01 Å². The Morgan fingerprint density at radius 1 is 1.23 bits per heavy atom. The van der Waals surface area contributed by atoms with E-state index in [2.05, 4.69) is 28.1 Å². The second-order valence-electron chi connectivity index (χ2n) is 6.68. The Morgan fingerprint density at radius 2 is 2.00 bits per heavy atom. The molecular weight excluding hydrogens is 364 g/mol. The number of thiocarbonyl (C=S) groups is 1. The largest absolute Gasteiger partial charge is 0.358 e. The van der Waals surface area contributed by atoms with E-state index in [0.29, 0.717) is 17.1 Å². The second kappa shape index (κ2) is 9.09. The quantitative estimate of drug-likeness (QED) is 0.553. The molecule has 1 aromatic carbocycles. The second-order valence-corrected chi connectivity index (χ2v) is 8.04. The molecule has 1 aliphatic carbocycles. The van der Waals surface area contributed by atoms with Gasteiger partial charge in [0, 0.05) is 17.0 Å². The molecule has 1 aliphatic rings. The van der Waals surface area contributed by atoms with Gasteiger partial charge in [-0.05, 0) is 31.0 Å². The van der Waals surface area contributed by atoms with Gasteiger partial charge in [0.2, 0.25) is 5.91 Å². The molecule has 26 heavy (non-hydrogen) atoms. The summed E-state index contributed by atoms with van der Waals surface area (Å²) in [6, 6.07) is 10.3. The lowest BCUT2D eigenvalue weighted by Gasteiger charge is -2.30. The number of carbonyl (C=O) groups is 1. The summed E-state index contributed by atoms with van der Waals surface area (Å²) in [4.78, 5) is 16.7. The van der Waals surface area contributed by atoms with Crippen LogP contribution in [0.5, 0.6) is 0 Å². The predicted octanol–water partition coefficient (Wildman–Crippen LogP) is 3.43. The Labute approximate surface area is 163 Å². The fourth-order valence-electron chi connectivity index (χ4n) is 3.18. The zero-order valence-electron chi connectivity index (χ0n) is 14.8. The first-order chi connectivity index (χ1) is 12.6. The van der Waals surface area contributed by atoms with Crippen LogP contribution < -0.4 is 16.2 Å². The zero-order chi connectivity index (χ0) is 18.4. The van der Waals surface area contributed by atoms with Gasteiger partial charge in [0.05, 0.1) is 12.1 Å². The van der Waals surface area contributed by atoms with Crippen molar-refractivity contribution in [3.63, 3.8) is 0 Å². The topological polar surface area (TPSA) is 66.0 Å². The average molecular weight is 389 g/mol. The van der Waals surface area contributed by atoms with Gasteiger partial charge in [-0.2, -0.15) is 0 Å². The third-order valence-corrected chi connectivity index (χ3v) is 5.75. The van der Waals surface area contributed by atoms with Crippen LogP contribution >= 0.6 is 23.6 Å². The van der Waals surface area contributed by atoms with Crippen LogP contribution in [-0.4, -0.2) is 22.0 Å². The molecule has 0 aliphatic heterocycles. The SMILES string of the molecule is C[C@H]1CCCC[C@H]1NC(=S)NNC(=O)Cc1nc(-c2ccccc2)cs1. The molecule has 3 rings (SSSR count). The van der Waals surface area contributed by atoms with Crippen molar-refractivity contribution in [1.29, 1.82) is 0 Å². The van der Waals surface area contributed by atoms with Gasteiger partial charge < -0.3 is 5.32 Å². The summed E-state index contributed by atoms with van der Waals surface area (Å²) in [5.74, 6) is 0.450. The first kappa shape index (κ1) is 18.8. The molecule has 0 unspecified atom stereocenters. The van der Waals surface area contributed by atoms with Crippen LogP contribution in [0.1, 0.15) is 37.6 Å². The molecule has 0 radical (unpaired) electrons. The Kier molecular flexibility index (Phi) is 6.57. The number of aromatic nitrogens is 1. The normalized spacial score (nSPS) is 19.6. The third-order valence-electron chi connectivity index (χ3n) is 4.68. The van der Waals surface area contributed by atoms with Crippen LogP contribution in [0.3, 0.4) is 0 Å². The number of thiazole rings is 1. The third kappa shape index (κ3) is 5.25. The van der Waals surface area contributed by atoms with Gasteiger partial charge in [-0.3, -0.25) is 15.6 Å². The maximum Gasteiger partial charge on any atom is 0.245 e. The molecule has 7 heteroatoms. The number of carbonyl (C=O) groups excluding carboxylic acids is 1. The smallest absolute Gasteiger partial charge is 0.245 e. The average Bonchev–Trinajstić information content (AvgIpc) is 3.11. The summed E-state index contributed by atoms with van der Waals surface area (Å²) in [6.07, 6.45) is 5.09. The van der Waals surface area contributed by atoms with E-state index < -0.39 is 0 Å². The van der Waals surface area contributed by atoms with Gasteiger partial charge in [-0.1, -0.05) is 50.1 Å². The van der Waals surface area contributed by atoms with Crippen molar-refractivity contribution in [2.45, 2.75) is 45.1 Å². The lowest BCUT2D eigenvalue weighted by atomic mass is 9.86. The molecule has 1 amide bonds. The van der Waals surface area contributed by atoms with E-state index in [-0.39, 0.29) is 12.3 Å². The number of benzene rings is 1. The van der Waals surface area contributed by atoms with Crippen LogP contribution in [0.2, 0.25) is 0 Å². The first-order valence-electron chi connectivity index (χ1n) is 8.97. The highest BCUT2D eigenvalue weighted by atomic mass is 32.1. The number of amides is 1. The highest BCUT2D eigenvalue weighted by Crippen LogP contribution is 2.23. The summed E-state index contributed by atoms with van der Waals surface area (Å²) in [7, 11) is 0. The summed E-state index contributed by atoms with van der Waals surface area (Å²) < 4.78 is 0. The van der Waals surface area contributed by atoms with Crippen molar-refractivity contribution in [1.82, 2.24) is 21.2 Å². The molecule has 0 spiro atoms. The molecule has 1 heterocycles. The highest BCUT2D eigenvalue weighted by Gasteiger charge is 2.21. The molecule has 5 nitrogen and oxygen atoms in total. The predicted molar refractivity (Wildman–Crippen MR) is 110 cm³/mol. The standard InChI is InChI=1S/C19H24N4OS2/c1-13-7-5-6-10-15(13)21-19(25)23-22-17(24)11-18-20-16(12-26-18)14-8-3-2-4-9-14/h2-4,8-9,12-13,15H,5-7,10-11H2,1H3,(H,22,24)(H2,21,23,25)/t13-,15+/m0/s1. The van der Waals surface area contributed by atoms with Gasteiger partial charge in [-0.25, -0.2) is 4.98 Å². The fourth-order valence-corrected chi connectivity index (χ4v) is 4.18. The molecule has 3 N–H and O–H groups in total. The Bertz CT molecular complexity index is 747. The number of hydrogen-bond acceptors (Lipinski definition) is 4. The van der Waals surface area contributed by atoms with E-state index in [0.717, 1.165) is 22.7 Å². The van der Waals surface area contributed by atoms with Crippen LogP contribution in [-0.2, 0) is 11.2 Å². The minimum atomic E-state index is -0.153. The molecule has 1 saturated carbocycles. The van der Waals surface area contributed by atoms with E-state index in [1.54, 1.807) is 0 Å². The van der Waals surface area contributed by atoms with Crippen molar-refractivity contribution in [2.24, 2.45) is 5.92 Å². The maximum absolute atomic E-state index is 12.1. The Morgan fingerprint density at radius 3 is 2.77 bits per heavy atom. The van der Waals surface area contributed by atoms with Gasteiger partial charge >= 0.3 is 0 Å². The monoisotopic (exact) mass is 388 g/mol. The molecule has 2 aromatic rings. The summed E-state index contributed by atoms with van der Waals surface area (Å²) in [5.41, 5.74) is 7.42. The summed E-state index contributed by atoms with van der Waals surface area (Å²) in [5, 5.41) is 6.53.